The van der Waals surface area contributed by atoms with Gasteiger partial charge in [-0.3, -0.25) is 10.4 Å². The first-order valence-corrected chi connectivity index (χ1v) is 8.56. The lowest BCUT2D eigenvalue weighted by molar-refractivity contribution is 1.30. The second-order valence-corrected chi connectivity index (χ2v) is 6.23. The van der Waals surface area contributed by atoms with E-state index in [1.165, 1.54) is 0 Å². The van der Waals surface area contributed by atoms with Gasteiger partial charge in [0.1, 0.15) is 0 Å². The Hall–Kier alpha value is -4.22. The highest BCUT2D eigenvalue weighted by molar-refractivity contribution is 6.30. The number of benzene rings is 2. The van der Waals surface area contributed by atoms with Crippen LogP contribution >= 0.6 is 0 Å². The first kappa shape index (κ1) is 18.6. The standard InChI is InChI=1S/C23H17N5/c1-15(26)22(23(27)19-8-10-28-11-9-19)18-5-3-17(4-6-18)21-7-2-16(13-24)12-20(21)14-25/h2-12,27H,26H2,1H3/b22-15-,27-23?. The van der Waals surface area contributed by atoms with Crippen LogP contribution in [0.25, 0.3) is 16.7 Å². The van der Waals surface area contributed by atoms with Crippen molar-refractivity contribution in [3.63, 3.8) is 0 Å². The van der Waals surface area contributed by atoms with Crippen molar-refractivity contribution in [2.24, 2.45) is 5.73 Å². The predicted molar refractivity (Wildman–Crippen MR) is 109 cm³/mol. The SMILES string of the molecule is C/C(N)=C(/C(=N)c1ccncc1)c1ccc(-c2ccc(C#N)cc2C#N)cc1. The highest BCUT2D eigenvalue weighted by atomic mass is 14.6. The number of nitriles is 2. The number of nitrogens with one attached hydrogen (secondary N) is 1. The van der Waals surface area contributed by atoms with Crippen LogP contribution in [0.5, 0.6) is 0 Å². The summed E-state index contributed by atoms with van der Waals surface area (Å²) in [6, 6.07) is 20.3. The Bertz CT molecular complexity index is 1140. The fourth-order valence-electron chi connectivity index (χ4n) is 3.01. The summed E-state index contributed by atoms with van der Waals surface area (Å²) in [6.07, 6.45) is 3.29. The van der Waals surface area contributed by atoms with Crippen molar-refractivity contribution in [3.05, 3.63) is 94.9 Å². The molecular formula is C23H17N5. The van der Waals surface area contributed by atoms with E-state index < -0.39 is 0 Å². The molecule has 0 aliphatic heterocycles. The molecule has 0 fully saturated rings. The van der Waals surface area contributed by atoms with Crippen molar-refractivity contribution in [1.29, 1.82) is 15.9 Å². The van der Waals surface area contributed by atoms with E-state index in [4.69, 9.17) is 16.4 Å². The molecule has 5 nitrogen and oxygen atoms in total. The average Bonchev–Trinajstić information content (AvgIpc) is 2.74. The summed E-state index contributed by atoms with van der Waals surface area (Å²) >= 11 is 0. The van der Waals surface area contributed by atoms with Crippen LogP contribution in [0, 0.1) is 28.1 Å². The van der Waals surface area contributed by atoms with Gasteiger partial charge in [-0.15, -0.1) is 0 Å². The van der Waals surface area contributed by atoms with Crippen molar-refractivity contribution in [2.45, 2.75) is 6.92 Å². The minimum atomic E-state index is 0.325. The zero-order valence-electron chi connectivity index (χ0n) is 15.3. The first-order chi connectivity index (χ1) is 13.5. The van der Waals surface area contributed by atoms with Crippen LogP contribution in [0.2, 0.25) is 0 Å². The normalized spacial score (nSPS) is 11.1. The summed E-state index contributed by atoms with van der Waals surface area (Å²) in [5.74, 6) is 0. The number of aromatic nitrogens is 1. The monoisotopic (exact) mass is 363 g/mol. The second kappa shape index (κ2) is 7.99. The third kappa shape index (κ3) is 3.65. The molecular weight excluding hydrogens is 346 g/mol. The molecule has 3 aromatic rings. The highest BCUT2D eigenvalue weighted by Crippen LogP contribution is 2.28. The smallest absolute Gasteiger partial charge is 0.0998 e. The molecule has 0 amide bonds. The van der Waals surface area contributed by atoms with Crippen LogP contribution in [-0.2, 0) is 0 Å². The van der Waals surface area contributed by atoms with E-state index in [1.807, 2.05) is 30.3 Å². The van der Waals surface area contributed by atoms with E-state index in [1.54, 1.807) is 49.6 Å². The van der Waals surface area contributed by atoms with Gasteiger partial charge in [-0.1, -0.05) is 30.3 Å². The molecule has 1 heterocycles. The van der Waals surface area contributed by atoms with Gasteiger partial charge in [0.2, 0.25) is 0 Å². The van der Waals surface area contributed by atoms with Gasteiger partial charge in [0.25, 0.3) is 0 Å². The Labute approximate surface area is 163 Å². The average molecular weight is 363 g/mol. The number of nitrogens with zero attached hydrogens (tertiary/aromatic N) is 3. The Morgan fingerprint density at radius 2 is 1.61 bits per heavy atom. The lowest BCUT2D eigenvalue weighted by Gasteiger charge is -2.13. The van der Waals surface area contributed by atoms with Crippen LogP contribution in [-0.4, -0.2) is 10.7 Å². The van der Waals surface area contributed by atoms with Crippen molar-refractivity contribution >= 4 is 11.3 Å². The number of hydrogen-bond donors (Lipinski definition) is 2. The lowest BCUT2D eigenvalue weighted by Crippen LogP contribution is -2.09. The van der Waals surface area contributed by atoms with Gasteiger partial charge < -0.3 is 5.73 Å². The van der Waals surface area contributed by atoms with E-state index in [2.05, 4.69) is 11.1 Å². The van der Waals surface area contributed by atoms with Gasteiger partial charge in [-0.2, -0.15) is 10.5 Å². The molecule has 0 saturated carbocycles. The molecule has 0 spiro atoms. The zero-order chi connectivity index (χ0) is 20.1. The van der Waals surface area contributed by atoms with Gasteiger partial charge in [0, 0.05) is 29.2 Å². The molecule has 0 saturated heterocycles. The van der Waals surface area contributed by atoms with Crippen molar-refractivity contribution in [2.75, 3.05) is 0 Å². The van der Waals surface area contributed by atoms with E-state index in [9.17, 15) is 5.26 Å². The number of hydrogen-bond acceptors (Lipinski definition) is 5. The number of rotatable bonds is 4. The zero-order valence-corrected chi connectivity index (χ0v) is 15.3. The van der Waals surface area contributed by atoms with E-state index in [-0.39, 0.29) is 0 Å². The number of pyridine rings is 1. The third-order valence-corrected chi connectivity index (χ3v) is 4.37. The Balaban J connectivity index is 2.00. The molecule has 1 aromatic heterocycles. The molecule has 134 valence electrons. The van der Waals surface area contributed by atoms with Crippen LogP contribution in [0.15, 0.2) is 72.7 Å². The predicted octanol–water partition coefficient (Wildman–Crippen LogP) is 4.25. The fourth-order valence-corrected chi connectivity index (χ4v) is 3.01. The van der Waals surface area contributed by atoms with Gasteiger partial charge in [-0.25, -0.2) is 0 Å². The minimum Gasteiger partial charge on any atom is -0.402 e. The third-order valence-electron chi connectivity index (χ3n) is 4.37. The summed E-state index contributed by atoms with van der Waals surface area (Å²) in [7, 11) is 0. The molecule has 0 atom stereocenters. The molecule has 5 heteroatoms. The van der Waals surface area contributed by atoms with E-state index in [0.717, 1.165) is 22.3 Å². The summed E-state index contributed by atoms with van der Waals surface area (Å²) in [4.78, 5) is 3.99. The Morgan fingerprint density at radius 1 is 0.929 bits per heavy atom. The number of allylic oxidation sites excluding steroid dienone is 2. The first-order valence-electron chi connectivity index (χ1n) is 8.56. The van der Waals surface area contributed by atoms with Crippen molar-refractivity contribution < 1.29 is 0 Å². The summed E-state index contributed by atoms with van der Waals surface area (Å²) in [5, 5.41) is 27.0. The maximum atomic E-state index is 9.40. The van der Waals surface area contributed by atoms with E-state index in [0.29, 0.717) is 28.1 Å². The molecule has 3 rings (SSSR count). The molecule has 3 N–H and O–H groups in total. The van der Waals surface area contributed by atoms with Crippen molar-refractivity contribution in [1.82, 2.24) is 4.98 Å². The molecule has 0 bridgehead atoms. The van der Waals surface area contributed by atoms with Crippen LogP contribution in [0.3, 0.4) is 0 Å². The largest absolute Gasteiger partial charge is 0.402 e. The second-order valence-electron chi connectivity index (χ2n) is 6.23. The van der Waals surface area contributed by atoms with Crippen LogP contribution in [0.1, 0.15) is 29.2 Å². The van der Waals surface area contributed by atoms with Gasteiger partial charge in [-0.05, 0) is 47.9 Å². The maximum absolute atomic E-state index is 9.40. The molecule has 0 aliphatic rings. The number of nitrogens with two attached hydrogens (primary N) is 1. The minimum absolute atomic E-state index is 0.325. The summed E-state index contributed by atoms with van der Waals surface area (Å²) in [6.45, 7) is 1.77. The molecule has 0 unspecified atom stereocenters. The summed E-state index contributed by atoms with van der Waals surface area (Å²) in [5.41, 5.74) is 11.7. The topological polar surface area (TPSA) is 110 Å². The highest BCUT2D eigenvalue weighted by Gasteiger charge is 2.14. The maximum Gasteiger partial charge on any atom is 0.0998 e. The fraction of sp³-hybridized carbons (Fsp3) is 0.0435. The van der Waals surface area contributed by atoms with Gasteiger partial charge >= 0.3 is 0 Å². The van der Waals surface area contributed by atoms with Crippen LogP contribution < -0.4 is 5.73 Å². The van der Waals surface area contributed by atoms with E-state index >= 15 is 0 Å². The molecule has 0 aliphatic carbocycles. The van der Waals surface area contributed by atoms with Crippen molar-refractivity contribution in [3.8, 4) is 23.3 Å². The lowest BCUT2D eigenvalue weighted by atomic mass is 9.92. The quantitative estimate of drug-likeness (QED) is 0.675. The summed E-state index contributed by atoms with van der Waals surface area (Å²) < 4.78 is 0. The molecule has 28 heavy (non-hydrogen) atoms. The Morgan fingerprint density at radius 3 is 2.18 bits per heavy atom. The van der Waals surface area contributed by atoms with Gasteiger partial charge in [0.05, 0.1) is 29.0 Å². The van der Waals surface area contributed by atoms with Crippen LogP contribution in [0.4, 0.5) is 0 Å². The molecule has 0 radical (unpaired) electrons. The Kier molecular flexibility index (Phi) is 5.30. The van der Waals surface area contributed by atoms with Gasteiger partial charge in [0.15, 0.2) is 0 Å². The molecule has 2 aromatic carbocycles.